The van der Waals surface area contributed by atoms with E-state index in [1.165, 1.54) is 5.56 Å². The number of hydrogen-bond donors (Lipinski definition) is 1. The highest BCUT2D eigenvalue weighted by Gasteiger charge is 2.54. The number of rotatable bonds is 0. The van der Waals surface area contributed by atoms with Crippen molar-refractivity contribution < 1.29 is 5.11 Å². The molecule has 60 valence electrons. The molecule has 0 amide bonds. The first-order valence-electron chi connectivity index (χ1n) is 4.31. The van der Waals surface area contributed by atoms with E-state index in [0.717, 1.165) is 12.0 Å². The maximum absolute atomic E-state index is 10.0. The van der Waals surface area contributed by atoms with Gasteiger partial charge in [-0.1, -0.05) is 36.4 Å². The smallest absolute Gasteiger partial charge is 0.0972 e. The summed E-state index contributed by atoms with van der Waals surface area (Å²) in [4.78, 5) is 0. The maximum Gasteiger partial charge on any atom is 0.0972 e. The molecule has 0 radical (unpaired) electrons. The van der Waals surface area contributed by atoms with Crippen LogP contribution in [-0.2, 0) is 5.60 Å². The lowest BCUT2D eigenvalue weighted by atomic mass is 9.95. The Labute approximate surface area is 71.3 Å². The summed E-state index contributed by atoms with van der Waals surface area (Å²) in [6.07, 6.45) is 5.13. The molecule has 1 aromatic rings. The van der Waals surface area contributed by atoms with Crippen molar-refractivity contribution in [3.8, 4) is 0 Å². The Morgan fingerprint density at radius 3 is 3.08 bits per heavy atom. The summed E-state index contributed by atoms with van der Waals surface area (Å²) in [6, 6.07) is 8.08. The van der Waals surface area contributed by atoms with Crippen molar-refractivity contribution in [2.45, 2.75) is 12.0 Å². The predicted molar refractivity (Wildman–Crippen MR) is 47.5 cm³/mol. The van der Waals surface area contributed by atoms with Gasteiger partial charge in [0.2, 0.25) is 0 Å². The van der Waals surface area contributed by atoms with E-state index in [4.69, 9.17) is 0 Å². The Bertz CT molecular complexity index is 367. The van der Waals surface area contributed by atoms with Gasteiger partial charge >= 0.3 is 0 Å². The Hall–Kier alpha value is -1.08. The van der Waals surface area contributed by atoms with E-state index in [1.807, 2.05) is 18.2 Å². The Kier molecular flexibility index (Phi) is 0.968. The third kappa shape index (κ3) is 0.625. The monoisotopic (exact) mass is 158 g/mol. The third-order valence-corrected chi connectivity index (χ3v) is 2.92. The molecule has 1 nitrogen and oxygen atoms in total. The quantitative estimate of drug-likeness (QED) is 0.611. The second-order valence-electron chi connectivity index (χ2n) is 3.68. The minimum Gasteiger partial charge on any atom is -0.385 e. The van der Waals surface area contributed by atoms with Gasteiger partial charge in [-0.15, -0.1) is 0 Å². The molecule has 1 fully saturated rings. The summed E-state index contributed by atoms with van der Waals surface area (Å²) >= 11 is 0. The molecule has 1 aromatic carbocycles. The summed E-state index contributed by atoms with van der Waals surface area (Å²) in [7, 11) is 0. The average Bonchev–Trinajstić information content (AvgIpc) is 2.78. The summed E-state index contributed by atoms with van der Waals surface area (Å²) < 4.78 is 0. The molecule has 0 bridgehead atoms. The molecular formula is C11H10O. The van der Waals surface area contributed by atoms with E-state index < -0.39 is 5.60 Å². The molecule has 2 atom stereocenters. The molecule has 1 N–H and O–H groups in total. The maximum atomic E-state index is 10.0. The fourth-order valence-corrected chi connectivity index (χ4v) is 2.07. The molecule has 0 heterocycles. The van der Waals surface area contributed by atoms with E-state index in [9.17, 15) is 5.11 Å². The number of aliphatic hydroxyl groups is 1. The summed E-state index contributed by atoms with van der Waals surface area (Å²) in [5, 5.41) is 10.0. The molecule has 0 aromatic heterocycles. The molecule has 0 aliphatic heterocycles. The van der Waals surface area contributed by atoms with Gasteiger partial charge in [-0.2, -0.15) is 0 Å². The molecule has 12 heavy (non-hydrogen) atoms. The average molecular weight is 158 g/mol. The van der Waals surface area contributed by atoms with E-state index in [-0.39, 0.29) is 0 Å². The van der Waals surface area contributed by atoms with E-state index in [2.05, 4.69) is 18.2 Å². The zero-order chi connectivity index (χ0) is 8.18. The van der Waals surface area contributed by atoms with E-state index in [0.29, 0.717) is 5.92 Å². The van der Waals surface area contributed by atoms with E-state index >= 15 is 0 Å². The van der Waals surface area contributed by atoms with Crippen molar-refractivity contribution in [3.63, 3.8) is 0 Å². The Balaban J connectivity index is 2.27. The normalized spacial score (nSPS) is 35.6. The van der Waals surface area contributed by atoms with E-state index in [1.54, 1.807) is 0 Å². The largest absolute Gasteiger partial charge is 0.385 e. The van der Waals surface area contributed by atoms with Gasteiger partial charge in [-0.05, 0) is 17.5 Å². The lowest BCUT2D eigenvalue weighted by molar-refractivity contribution is 0.138. The van der Waals surface area contributed by atoms with Crippen LogP contribution in [0.5, 0.6) is 0 Å². The standard InChI is InChI=1S/C11H10O/c12-11-7-9(11)6-5-8-3-1-2-4-10(8)11/h1-6,9,12H,7H2. The number of hydrogen-bond acceptors (Lipinski definition) is 1. The minimum absolute atomic E-state index is 0.382. The predicted octanol–water partition coefficient (Wildman–Crippen LogP) is 1.92. The van der Waals surface area contributed by atoms with Gasteiger partial charge in [0.15, 0.2) is 0 Å². The van der Waals surface area contributed by atoms with Crippen LogP contribution >= 0.6 is 0 Å². The van der Waals surface area contributed by atoms with Crippen LogP contribution in [0.25, 0.3) is 6.08 Å². The first kappa shape index (κ1) is 6.44. The highest BCUT2D eigenvalue weighted by Crippen LogP contribution is 2.56. The van der Waals surface area contributed by atoms with Gasteiger partial charge in [0.25, 0.3) is 0 Å². The highest BCUT2D eigenvalue weighted by molar-refractivity contribution is 5.62. The van der Waals surface area contributed by atoms with Crippen molar-refractivity contribution in [3.05, 3.63) is 41.5 Å². The lowest BCUT2D eigenvalue weighted by Crippen LogP contribution is -2.11. The molecular weight excluding hydrogens is 148 g/mol. The molecule has 1 saturated carbocycles. The molecule has 0 spiro atoms. The van der Waals surface area contributed by atoms with Crippen molar-refractivity contribution in [1.29, 1.82) is 0 Å². The number of benzene rings is 1. The van der Waals surface area contributed by atoms with Crippen LogP contribution in [0.15, 0.2) is 30.3 Å². The Morgan fingerprint density at radius 2 is 2.17 bits per heavy atom. The van der Waals surface area contributed by atoms with Crippen LogP contribution in [0, 0.1) is 5.92 Å². The summed E-state index contributed by atoms with van der Waals surface area (Å²) in [5.74, 6) is 0.382. The molecule has 3 rings (SSSR count). The van der Waals surface area contributed by atoms with Gasteiger partial charge in [-0.3, -0.25) is 0 Å². The second kappa shape index (κ2) is 1.80. The zero-order valence-corrected chi connectivity index (χ0v) is 6.70. The van der Waals surface area contributed by atoms with Crippen molar-refractivity contribution in [2.75, 3.05) is 0 Å². The van der Waals surface area contributed by atoms with Gasteiger partial charge in [0.1, 0.15) is 0 Å². The van der Waals surface area contributed by atoms with Crippen LogP contribution in [0.2, 0.25) is 0 Å². The fraction of sp³-hybridized carbons (Fsp3) is 0.273. The van der Waals surface area contributed by atoms with Gasteiger partial charge in [-0.25, -0.2) is 0 Å². The first-order valence-corrected chi connectivity index (χ1v) is 4.31. The van der Waals surface area contributed by atoms with Gasteiger partial charge in [0, 0.05) is 5.92 Å². The zero-order valence-electron chi connectivity index (χ0n) is 6.70. The van der Waals surface area contributed by atoms with Crippen LogP contribution < -0.4 is 0 Å². The molecule has 2 aliphatic carbocycles. The van der Waals surface area contributed by atoms with Gasteiger partial charge < -0.3 is 5.11 Å². The second-order valence-corrected chi connectivity index (χ2v) is 3.68. The van der Waals surface area contributed by atoms with Crippen LogP contribution in [-0.4, -0.2) is 5.11 Å². The van der Waals surface area contributed by atoms with Crippen LogP contribution in [0.3, 0.4) is 0 Å². The highest BCUT2D eigenvalue weighted by atomic mass is 16.3. The topological polar surface area (TPSA) is 20.2 Å². The van der Waals surface area contributed by atoms with Crippen molar-refractivity contribution in [2.24, 2.45) is 5.92 Å². The van der Waals surface area contributed by atoms with Crippen molar-refractivity contribution in [1.82, 2.24) is 0 Å². The summed E-state index contributed by atoms with van der Waals surface area (Å²) in [6.45, 7) is 0. The number of fused-ring (bicyclic) bond motifs is 3. The van der Waals surface area contributed by atoms with Crippen LogP contribution in [0.4, 0.5) is 0 Å². The Morgan fingerprint density at radius 1 is 1.33 bits per heavy atom. The van der Waals surface area contributed by atoms with Gasteiger partial charge in [0.05, 0.1) is 5.60 Å². The van der Waals surface area contributed by atoms with Crippen molar-refractivity contribution >= 4 is 6.08 Å². The molecule has 1 heteroatoms. The lowest BCUT2D eigenvalue weighted by Gasteiger charge is -2.16. The first-order chi connectivity index (χ1) is 5.81. The SMILES string of the molecule is OC12CC1C=Cc1ccccc12. The molecule has 2 unspecified atom stereocenters. The summed E-state index contributed by atoms with van der Waals surface area (Å²) in [5.41, 5.74) is 1.77. The third-order valence-electron chi connectivity index (χ3n) is 2.92. The van der Waals surface area contributed by atoms with Crippen LogP contribution in [0.1, 0.15) is 17.5 Å². The minimum atomic E-state index is -0.509. The molecule has 0 saturated heterocycles. The molecule has 2 aliphatic rings. The fourth-order valence-electron chi connectivity index (χ4n) is 2.07.